The summed E-state index contributed by atoms with van der Waals surface area (Å²) in [5, 5.41) is 4.34. The topological polar surface area (TPSA) is 46.5 Å². The third-order valence-corrected chi connectivity index (χ3v) is 4.67. The van der Waals surface area contributed by atoms with Gasteiger partial charge >= 0.3 is 0 Å². The number of nitrogens with one attached hydrogen (secondary N) is 1. The van der Waals surface area contributed by atoms with Crippen molar-refractivity contribution in [2.24, 2.45) is 4.99 Å². The van der Waals surface area contributed by atoms with E-state index in [4.69, 9.17) is 9.72 Å². The van der Waals surface area contributed by atoms with Gasteiger partial charge in [-0.2, -0.15) is 0 Å². The Morgan fingerprint density at radius 3 is 2.65 bits per heavy atom. The number of aromatic nitrogens is 1. The Kier molecular flexibility index (Phi) is 6.59. The molecule has 1 aromatic heterocycles. The fraction of sp³-hybridized carbons (Fsp3) is 0.412. The summed E-state index contributed by atoms with van der Waals surface area (Å²) in [6.45, 7) is 3.04. The van der Waals surface area contributed by atoms with Crippen LogP contribution in [0.15, 0.2) is 29.3 Å². The van der Waals surface area contributed by atoms with Crippen molar-refractivity contribution < 1.29 is 21.7 Å². The van der Waals surface area contributed by atoms with E-state index >= 15 is 0 Å². The number of thiazole rings is 1. The molecule has 1 N–H and O–H groups in total. The molecule has 2 aromatic rings. The van der Waals surface area contributed by atoms with Gasteiger partial charge in [-0.3, -0.25) is 4.99 Å². The number of amidine groups is 1. The lowest BCUT2D eigenvalue weighted by Crippen LogP contribution is -3.00. The molecule has 0 unspecified atom stereocenters. The molecule has 3 rings (SSSR count). The molecular weight excluding hydrogens is 374 g/mol. The van der Waals surface area contributed by atoms with Gasteiger partial charge in [0.25, 0.3) is 0 Å². The number of hydrogen-bond donors (Lipinski definition) is 1. The van der Waals surface area contributed by atoms with E-state index in [0.717, 1.165) is 40.9 Å². The molecule has 1 aliphatic heterocycles. The molecule has 0 saturated carbocycles. The lowest BCUT2D eigenvalue weighted by molar-refractivity contribution is -0.00000487. The molecule has 124 valence electrons. The summed E-state index contributed by atoms with van der Waals surface area (Å²) >= 11 is 1.69. The van der Waals surface area contributed by atoms with E-state index in [0.29, 0.717) is 0 Å². The quantitative estimate of drug-likeness (QED) is 0.857. The Hall–Kier alpha value is -1.40. The molecule has 0 fully saturated rings. The Balaban J connectivity index is 0.00000192. The molecule has 0 spiro atoms. The molecule has 23 heavy (non-hydrogen) atoms. The van der Waals surface area contributed by atoms with E-state index in [1.54, 1.807) is 18.4 Å². The summed E-state index contributed by atoms with van der Waals surface area (Å²) in [6, 6.07) is 8.04. The number of aliphatic imine (C=N–C) groups is 1. The smallest absolute Gasteiger partial charge is 0.188 e. The first-order valence-electron chi connectivity index (χ1n) is 7.68. The predicted molar refractivity (Wildman–Crippen MR) is 93.2 cm³/mol. The highest BCUT2D eigenvalue weighted by Crippen LogP contribution is 2.31. The van der Waals surface area contributed by atoms with Gasteiger partial charge in [0, 0.05) is 23.4 Å². The van der Waals surface area contributed by atoms with Crippen LogP contribution in [0.4, 0.5) is 5.13 Å². The number of rotatable bonds is 3. The van der Waals surface area contributed by atoms with Gasteiger partial charge in [0.15, 0.2) is 5.13 Å². The van der Waals surface area contributed by atoms with E-state index < -0.39 is 0 Å². The Bertz CT molecular complexity index is 667. The van der Waals surface area contributed by atoms with Gasteiger partial charge in [-0.25, -0.2) is 4.98 Å². The molecule has 2 heterocycles. The van der Waals surface area contributed by atoms with Gasteiger partial charge in [-0.1, -0.05) is 6.42 Å². The monoisotopic (exact) mass is 394 g/mol. The molecule has 0 amide bonds. The largest absolute Gasteiger partial charge is 1.00 e. The van der Waals surface area contributed by atoms with Crippen LogP contribution in [-0.2, 0) is 0 Å². The standard InChI is InChI=1S/C17H21N3OS.BrH/c1-12-16(13-7-9-14(21-2)10-8-13)20-17(22-12)19-15-6-4-3-5-11-18-15;/h7-10H,3-6,11H2,1-2H3,(H,18,19,20);1H/p-1. The van der Waals surface area contributed by atoms with Crippen LogP contribution in [0, 0.1) is 6.92 Å². The lowest BCUT2D eigenvalue weighted by atomic mass is 10.1. The van der Waals surface area contributed by atoms with Gasteiger partial charge in [0.05, 0.1) is 12.8 Å². The zero-order chi connectivity index (χ0) is 15.4. The van der Waals surface area contributed by atoms with Crippen molar-refractivity contribution >= 4 is 22.3 Å². The van der Waals surface area contributed by atoms with Crippen LogP contribution in [0.1, 0.15) is 30.6 Å². The predicted octanol–water partition coefficient (Wildman–Crippen LogP) is 1.52. The number of nitrogens with zero attached hydrogens (tertiary/aromatic N) is 2. The molecular formula is C17H21BrN3OS-. The maximum absolute atomic E-state index is 5.21. The first-order chi connectivity index (χ1) is 10.8. The summed E-state index contributed by atoms with van der Waals surface area (Å²) in [5.74, 6) is 1.94. The maximum Gasteiger partial charge on any atom is 0.188 e. The van der Waals surface area contributed by atoms with E-state index in [9.17, 15) is 0 Å². The lowest BCUT2D eigenvalue weighted by Gasteiger charge is -2.04. The zero-order valence-electron chi connectivity index (χ0n) is 13.4. The SMILES string of the molecule is COc1ccc(-c2nc(NC3=NCCCCC3)sc2C)cc1.[Br-]. The highest BCUT2D eigenvalue weighted by Gasteiger charge is 2.12. The molecule has 1 aromatic carbocycles. The Labute approximate surface area is 151 Å². The van der Waals surface area contributed by atoms with Crippen molar-refractivity contribution in [2.45, 2.75) is 32.6 Å². The molecule has 1 aliphatic rings. The second-order valence-electron chi connectivity index (χ2n) is 5.42. The number of methoxy groups -OCH3 is 1. The van der Waals surface area contributed by atoms with Crippen LogP contribution in [0.3, 0.4) is 0 Å². The van der Waals surface area contributed by atoms with E-state index in [1.165, 1.54) is 24.1 Å². The molecule has 0 saturated heterocycles. The molecule has 0 bridgehead atoms. The fourth-order valence-corrected chi connectivity index (χ4v) is 3.42. The average molecular weight is 395 g/mol. The number of aryl methyl sites for hydroxylation is 1. The molecule has 0 radical (unpaired) electrons. The number of hydrogen-bond acceptors (Lipinski definition) is 5. The van der Waals surface area contributed by atoms with E-state index in [2.05, 4.69) is 17.2 Å². The number of ether oxygens (including phenoxy) is 1. The maximum atomic E-state index is 5.21. The van der Waals surface area contributed by atoms with Crippen LogP contribution in [0.25, 0.3) is 11.3 Å². The van der Waals surface area contributed by atoms with Crippen LogP contribution >= 0.6 is 11.3 Å². The van der Waals surface area contributed by atoms with Crippen molar-refractivity contribution in [2.75, 3.05) is 19.0 Å². The second kappa shape index (κ2) is 8.45. The van der Waals surface area contributed by atoms with Gasteiger partial charge in [-0.15, -0.1) is 11.3 Å². The van der Waals surface area contributed by atoms with Crippen molar-refractivity contribution in [3.63, 3.8) is 0 Å². The van der Waals surface area contributed by atoms with Crippen LogP contribution in [-0.4, -0.2) is 24.5 Å². The van der Waals surface area contributed by atoms with Crippen molar-refractivity contribution in [3.8, 4) is 17.0 Å². The average Bonchev–Trinajstić information content (AvgIpc) is 2.74. The summed E-state index contributed by atoms with van der Waals surface area (Å²) in [4.78, 5) is 10.6. The van der Waals surface area contributed by atoms with Gasteiger partial charge in [-0.05, 0) is 44.0 Å². The minimum Gasteiger partial charge on any atom is -1.00 e. The molecule has 0 atom stereocenters. The second-order valence-corrected chi connectivity index (χ2v) is 6.62. The van der Waals surface area contributed by atoms with Crippen molar-refractivity contribution in [3.05, 3.63) is 29.1 Å². The minimum atomic E-state index is 0. The van der Waals surface area contributed by atoms with Gasteiger partial charge in [0.2, 0.25) is 0 Å². The van der Waals surface area contributed by atoms with Crippen LogP contribution in [0.2, 0.25) is 0 Å². The number of halogens is 1. The summed E-state index contributed by atoms with van der Waals surface area (Å²) in [5.41, 5.74) is 2.15. The molecule has 6 heteroatoms. The first kappa shape index (κ1) is 17.9. The molecule has 0 aliphatic carbocycles. The summed E-state index contributed by atoms with van der Waals surface area (Å²) in [7, 11) is 1.68. The van der Waals surface area contributed by atoms with Crippen molar-refractivity contribution in [1.82, 2.24) is 4.98 Å². The third-order valence-electron chi connectivity index (χ3n) is 3.79. The third kappa shape index (κ3) is 4.54. The minimum absolute atomic E-state index is 0. The Morgan fingerprint density at radius 2 is 1.91 bits per heavy atom. The van der Waals surface area contributed by atoms with Crippen molar-refractivity contribution in [1.29, 1.82) is 0 Å². The highest BCUT2D eigenvalue weighted by atomic mass is 79.9. The Morgan fingerprint density at radius 1 is 1.13 bits per heavy atom. The van der Waals surface area contributed by atoms with Crippen LogP contribution in [0.5, 0.6) is 5.75 Å². The summed E-state index contributed by atoms with van der Waals surface area (Å²) in [6.07, 6.45) is 4.69. The molecule has 4 nitrogen and oxygen atoms in total. The highest BCUT2D eigenvalue weighted by molar-refractivity contribution is 7.16. The normalized spacial score (nSPS) is 14.4. The van der Waals surface area contributed by atoms with E-state index in [-0.39, 0.29) is 17.0 Å². The number of benzene rings is 1. The van der Waals surface area contributed by atoms with Gasteiger partial charge < -0.3 is 27.0 Å². The fourth-order valence-electron chi connectivity index (χ4n) is 2.57. The van der Waals surface area contributed by atoms with E-state index in [1.807, 2.05) is 24.3 Å². The van der Waals surface area contributed by atoms with Crippen LogP contribution < -0.4 is 27.0 Å². The van der Waals surface area contributed by atoms with Gasteiger partial charge in [0.1, 0.15) is 11.6 Å². The first-order valence-corrected chi connectivity index (χ1v) is 8.50. The zero-order valence-corrected chi connectivity index (χ0v) is 15.8. The number of anilines is 1. The summed E-state index contributed by atoms with van der Waals surface area (Å²) < 4.78 is 5.21.